The zero-order valence-corrected chi connectivity index (χ0v) is 11.9. The van der Waals surface area contributed by atoms with E-state index in [-0.39, 0.29) is 12.2 Å². The van der Waals surface area contributed by atoms with Crippen LogP contribution >= 0.6 is 0 Å². The van der Waals surface area contributed by atoms with E-state index in [2.05, 4.69) is 6.92 Å². The maximum Gasteiger partial charge on any atom is 0.409 e. The van der Waals surface area contributed by atoms with Gasteiger partial charge in [0.1, 0.15) is 11.9 Å². The number of rotatable bonds is 5. The molecule has 2 rings (SSSR count). The summed E-state index contributed by atoms with van der Waals surface area (Å²) >= 11 is 0. The van der Waals surface area contributed by atoms with Gasteiger partial charge in [0.15, 0.2) is 0 Å². The summed E-state index contributed by atoms with van der Waals surface area (Å²) in [6.07, 6.45) is 2.55. The number of ether oxygens (including phenoxy) is 2. The fraction of sp³-hybridized carbons (Fsp3) is 0.533. The van der Waals surface area contributed by atoms with Gasteiger partial charge >= 0.3 is 6.09 Å². The molecule has 5 nitrogen and oxygen atoms in total. The number of anilines is 1. The molecule has 0 spiro atoms. The van der Waals surface area contributed by atoms with Crippen molar-refractivity contribution in [2.24, 2.45) is 0 Å². The molecular formula is C15H22N2O3. The predicted molar refractivity (Wildman–Crippen MR) is 77.7 cm³/mol. The number of hydrogen-bond acceptors (Lipinski definition) is 4. The molecule has 1 aromatic rings. The summed E-state index contributed by atoms with van der Waals surface area (Å²) in [6, 6.07) is 7.30. The molecule has 20 heavy (non-hydrogen) atoms. The number of amides is 1. The third-order valence-corrected chi connectivity index (χ3v) is 3.31. The topological polar surface area (TPSA) is 64.8 Å². The first-order valence-electron chi connectivity index (χ1n) is 7.13. The first-order chi connectivity index (χ1) is 9.69. The highest BCUT2D eigenvalue weighted by molar-refractivity contribution is 5.68. The summed E-state index contributed by atoms with van der Waals surface area (Å²) in [4.78, 5) is 13.5. The molecule has 0 aliphatic carbocycles. The summed E-state index contributed by atoms with van der Waals surface area (Å²) in [5.74, 6) is 0.783. The van der Waals surface area contributed by atoms with E-state index in [9.17, 15) is 4.79 Å². The van der Waals surface area contributed by atoms with Crippen molar-refractivity contribution in [3.63, 3.8) is 0 Å². The Morgan fingerprint density at radius 1 is 1.40 bits per heavy atom. The molecule has 0 bridgehead atoms. The number of nitrogen functional groups attached to an aromatic ring is 1. The van der Waals surface area contributed by atoms with Crippen molar-refractivity contribution in [3.8, 4) is 5.75 Å². The van der Waals surface area contributed by atoms with Gasteiger partial charge in [-0.15, -0.1) is 0 Å². The lowest BCUT2D eigenvalue weighted by Crippen LogP contribution is -2.31. The minimum atomic E-state index is -0.234. The lowest BCUT2D eigenvalue weighted by molar-refractivity contribution is 0.104. The van der Waals surface area contributed by atoms with E-state index in [4.69, 9.17) is 15.2 Å². The fourth-order valence-electron chi connectivity index (χ4n) is 2.12. The van der Waals surface area contributed by atoms with Crippen molar-refractivity contribution in [2.45, 2.75) is 32.3 Å². The summed E-state index contributed by atoms with van der Waals surface area (Å²) in [6.45, 7) is 3.83. The van der Waals surface area contributed by atoms with Crippen LogP contribution in [0.4, 0.5) is 10.5 Å². The van der Waals surface area contributed by atoms with Crippen molar-refractivity contribution in [1.29, 1.82) is 0 Å². The Morgan fingerprint density at radius 3 is 2.85 bits per heavy atom. The number of unbranched alkanes of at least 4 members (excludes halogenated alkanes) is 1. The molecule has 1 aliphatic heterocycles. The third-order valence-electron chi connectivity index (χ3n) is 3.31. The van der Waals surface area contributed by atoms with Gasteiger partial charge in [0.25, 0.3) is 0 Å². The van der Waals surface area contributed by atoms with Gasteiger partial charge in [-0.3, -0.25) is 0 Å². The molecule has 1 aliphatic rings. The molecule has 1 atom stereocenters. The Bertz CT molecular complexity index is 433. The van der Waals surface area contributed by atoms with Crippen LogP contribution in [0.1, 0.15) is 26.2 Å². The average Bonchev–Trinajstić information content (AvgIpc) is 2.90. The Hall–Kier alpha value is -1.91. The van der Waals surface area contributed by atoms with E-state index < -0.39 is 0 Å². The quantitative estimate of drug-likeness (QED) is 0.664. The molecule has 2 N–H and O–H groups in total. The van der Waals surface area contributed by atoms with Crippen molar-refractivity contribution in [1.82, 2.24) is 4.90 Å². The number of likely N-dealkylation sites (tertiary alicyclic amines) is 1. The minimum Gasteiger partial charge on any atom is -0.489 e. The van der Waals surface area contributed by atoms with Gasteiger partial charge in [0.2, 0.25) is 0 Å². The van der Waals surface area contributed by atoms with Crippen LogP contribution in [0.25, 0.3) is 0 Å². The van der Waals surface area contributed by atoms with E-state index in [0.717, 1.165) is 25.0 Å². The largest absolute Gasteiger partial charge is 0.489 e. The van der Waals surface area contributed by atoms with Crippen molar-refractivity contribution in [2.75, 3.05) is 25.4 Å². The van der Waals surface area contributed by atoms with Gasteiger partial charge in [0, 0.05) is 18.7 Å². The van der Waals surface area contributed by atoms with Crippen LogP contribution in [-0.2, 0) is 4.74 Å². The Kier molecular flexibility index (Phi) is 5.09. The van der Waals surface area contributed by atoms with Gasteiger partial charge in [-0.05, 0) is 30.7 Å². The molecule has 1 heterocycles. The summed E-state index contributed by atoms with van der Waals surface area (Å²) < 4.78 is 11.0. The lowest BCUT2D eigenvalue weighted by atomic mass is 10.3. The maximum absolute atomic E-state index is 11.8. The first kappa shape index (κ1) is 14.5. The number of carbonyl (C=O) groups is 1. The fourth-order valence-corrected chi connectivity index (χ4v) is 2.12. The van der Waals surface area contributed by atoms with Gasteiger partial charge in [-0.25, -0.2) is 4.79 Å². The Labute approximate surface area is 119 Å². The zero-order valence-electron chi connectivity index (χ0n) is 11.9. The summed E-state index contributed by atoms with van der Waals surface area (Å²) in [7, 11) is 0. The van der Waals surface area contributed by atoms with Crippen LogP contribution < -0.4 is 10.5 Å². The van der Waals surface area contributed by atoms with Crippen molar-refractivity contribution < 1.29 is 14.3 Å². The van der Waals surface area contributed by atoms with Crippen LogP contribution in [0, 0.1) is 0 Å². The third kappa shape index (κ3) is 4.05. The molecule has 0 unspecified atom stereocenters. The zero-order chi connectivity index (χ0) is 14.4. The molecule has 5 heteroatoms. The number of nitrogens with zero attached hydrogens (tertiary/aromatic N) is 1. The van der Waals surface area contributed by atoms with Crippen LogP contribution in [0.3, 0.4) is 0 Å². The molecule has 0 radical (unpaired) electrons. The standard InChI is InChI=1S/C15H22N2O3/c1-2-3-10-19-15(18)17-9-8-14(11-17)20-13-6-4-12(16)5-7-13/h4-7,14H,2-3,8-11,16H2,1H3/t14-/m0/s1. The second-order valence-electron chi connectivity index (χ2n) is 5.01. The second-order valence-corrected chi connectivity index (χ2v) is 5.01. The molecule has 110 valence electrons. The Morgan fingerprint density at radius 2 is 2.15 bits per heavy atom. The van der Waals surface area contributed by atoms with Gasteiger partial charge in [-0.1, -0.05) is 13.3 Å². The molecule has 1 aromatic carbocycles. The monoisotopic (exact) mass is 278 g/mol. The lowest BCUT2D eigenvalue weighted by Gasteiger charge is -2.17. The molecule has 0 saturated carbocycles. The van der Waals surface area contributed by atoms with E-state index in [1.807, 2.05) is 12.1 Å². The SMILES string of the molecule is CCCCOC(=O)N1CC[C@H](Oc2ccc(N)cc2)C1. The number of benzene rings is 1. The van der Waals surface area contributed by atoms with Gasteiger partial charge < -0.3 is 20.1 Å². The highest BCUT2D eigenvalue weighted by Crippen LogP contribution is 2.20. The first-order valence-corrected chi connectivity index (χ1v) is 7.13. The van der Waals surface area contributed by atoms with Crippen molar-refractivity contribution >= 4 is 11.8 Å². The highest BCUT2D eigenvalue weighted by Gasteiger charge is 2.28. The minimum absolute atomic E-state index is 0.0253. The average molecular weight is 278 g/mol. The van der Waals surface area contributed by atoms with E-state index in [0.29, 0.717) is 25.4 Å². The van der Waals surface area contributed by atoms with Gasteiger partial charge in [-0.2, -0.15) is 0 Å². The Balaban J connectivity index is 1.77. The second kappa shape index (κ2) is 7.03. The van der Waals surface area contributed by atoms with E-state index in [1.54, 1.807) is 17.0 Å². The van der Waals surface area contributed by atoms with E-state index >= 15 is 0 Å². The molecule has 1 saturated heterocycles. The smallest absolute Gasteiger partial charge is 0.409 e. The molecule has 0 aromatic heterocycles. The van der Waals surface area contributed by atoms with Crippen LogP contribution in [-0.4, -0.2) is 36.8 Å². The summed E-state index contributed by atoms with van der Waals surface area (Å²) in [5.41, 5.74) is 6.34. The van der Waals surface area contributed by atoms with E-state index in [1.165, 1.54) is 0 Å². The normalized spacial score (nSPS) is 18.1. The van der Waals surface area contributed by atoms with Crippen molar-refractivity contribution in [3.05, 3.63) is 24.3 Å². The molecule has 1 amide bonds. The molecular weight excluding hydrogens is 256 g/mol. The maximum atomic E-state index is 11.8. The van der Waals surface area contributed by atoms with Gasteiger partial charge in [0.05, 0.1) is 13.2 Å². The molecule has 1 fully saturated rings. The number of nitrogens with two attached hydrogens (primary N) is 1. The van der Waals surface area contributed by atoms with Crippen LogP contribution in [0.5, 0.6) is 5.75 Å². The predicted octanol–water partition coefficient (Wildman–Crippen LogP) is 2.66. The summed E-state index contributed by atoms with van der Waals surface area (Å²) in [5, 5.41) is 0. The number of hydrogen-bond donors (Lipinski definition) is 1. The number of carbonyl (C=O) groups excluding carboxylic acids is 1. The highest BCUT2D eigenvalue weighted by atomic mass is 16.6. The van der Waals surface area contributed by atoms with Crippen LogP contribution in [0.2, 0.25) is 0 Å². The van der Waals surface area contributed by atoms with Crippen LogP contribution in [0.15, 0.2) is 24.3 Å².